The topological polar surface area (TPSA) is 20.2 Å². The lowest BCUT2D eigenvalue weighted by Crippen LogP contribution is -2.53. The molecule has 4 rings (SSSR count). The van der Waals surface area contributed by atoms with Gasteiger partial charge in [0.25, 0.3) is 0 Å². The third-order valence-electron chi connectivity index (χ3n) is 10.8. The molecule has 1 heteroatoms. The molecule has 0 aromatic rings. The largest absolute Gasteiger partial charge is 0.393 e. The molecule has 9 atom stereocenters. The predicted molar refractivity (Wildman–Crippen MR) is 124 cm³/mol. The number of aliphatic hydroxyl groups is 1. The first-order chi connectivity index (χ1) is 13.7. The van der Waals surface area contributed by atoms with Crippen molar-refractivity contribution < 1.29 is 5.11 Å². The minimum absolute atomic E-state index is 0.0997. The number of aliphatic hydroxyl groups excluding tert-OH is 1. The first-order valence-electron chi connectivity index (χ1n) is 13.1. The molecule has 0 aliphatic heterocycles. The van der Waals surface area contributed by atoms with Gasteiger partial charge in [-0.15, -0.1) is 0 Å². The highest BCUT2D eigenvalue weighted by Gasteiger charge is 2.60. The van der Waals surface area contributed by atoms with Crippen molar-refractivity contribution in [3.63, 3.8) is 0 Å². The molecule has 3 fully saturated rings. The molecule has 0 heterocycles. The average Bonchev–Trinajstić information content (AvgIpc) is 3.00. The van der Waals surface area contributed by atoms with Gasteiger partial charge in [-0.05, 0) is 97.2 Å². The average molecular weight is 401 g/mol. The second kappa shape index (κ2) is 7.99. The summed E-state index contributed by atoms with van der Waals surface area (Å²) >= 11 is 0. The zero-order valence-corrected chi connectivity index (χ0v) is 20.2. The van der Waals surface area contributed by atoms with Crippen LogP contribution >= 0.6 is 0 Å². The Morgan fingerprint density at radius 3 is 2.55 bits per heavy atom. The smallest absolute Gasteiger partial charge is 0.0580 e. The van der Waals surface area contributed by atoms with Crippen LogP contribution in [0.2, 0.25) is 0 Å². The Kier molecular flexibility index (Phi) is 6.04. The molecule has 0 bridgehead atoms. The van der Waals surface area contributed by atoms with Crippen LogP contribution < -0.4 is 0 Å². The van der Waals surface area contributed by atoms with Crippen molar-refractivity contribution in [1.29, 1.82) is 0 Å². The Bertz CT molecular complexity index is 620. The fourth-order valence-electron chi connectivity index (χ4n) is 9.10. The molecule has 1 N–H and O–H groups in total. The molecule has 0 amide bonds. The van der Waals surface area contributed by atoms with Crippen molar-refractivity contribution >= 4 is 0 Å². The molecule has 4 aliphatic rings. The van der Waals surface area contributed by atoms with Gasteiger partial charge < -0.3 is 5.11 Å². The van der Waals surface area contributed by atoms with E-state index in [1.807, 2.05) is 0 Å². The molecule has 166 valence electrons. The van der Waals surface area contributed by atoms with Crippen LogP contribution in [-0.4, -0.2) is 11.2 Å². The van der Waals surface area contributed by atoms with Crippen LogP contribution in [0.4, 0.5) is 0 Å². The Morgan fingerprint density at radius 2 is 1.83 bits per heavy atom. The normalized spacial score (nSPS) is 47.9. The van der Waals surface area contributed by atoms with Crippen molar-refractivity contribution in [2.24, 2.45) is 52.3 Å². The highest BCUT2D eigenvalue weighted by atomic mass is 16.3. The van der Waals surface area contributed by atoms with Gasteiger partial charge in [0.1, 0.15) is 0 Å². The zero-order chi connectivity index (χ0) is 21.0. The molecular weight excluding hydrogens is 352 g/mol. The van der Waals surface area contributed by atoms with Gasteiger partial charge in [-0.25, -0.2) is 0 Å². The maximum absolute atomic E-state index is 10.4. The van der Waals surface area contributed by atoms with E-state index >= 15 is 0 Å². The molecule has 1 nitrogen and oxygen atoms in total. The number of fused-ring (bicyclic) bond motifs is 5. The van der Waals surface area contributed by atoms with Gasteiger partial charge in [-0.3, -0.25) is 0 Å². The van der Waals surface area contributed by atoms with Crippen LogP contribution in [0.15, 0.2) is 11.6 Å². The van der Waals surface area contributed by atoms with E-state index in [-0.39, 0.29) is 6.10 Å². The molecule has 29 heavy (non-hydrogen) atoms. The first kappa shape index (κ1) is 21.9. The third-order valence-corrected chi connectivity index (χ3v) is 10.8. The molecule has 4 aliphatic carbocycles. The minimum atomic E-state index is -0.0997. The van der Waals surface area contributed by atoms with Crippen molar-refractivity contribution in [2.45, 2.75) is 112 Å². The van der Waals surface area contributed by atoms with Gasteiger partial charge in [0, 0.05) is 0 Å². The third kappa shape index (κ3) is 3.56. The van der Waals surface area contributed by atoms with Gasteiger partial charge in [0.15, 0.2) is 0 Å². The maximum atomic E-state index is 10.4. The Balaban J connectivity index is 1.52. The fourth-order valence-corrected chi connectivity index (χ4v) is 9.10. The maximum Gasteiger partial charge on any atom is 0.0580 e. The lowest BCUT2D eigenvalue weighted by Gasteiger charge is -2.60. The van der Waals surface area contributed by atoms with E-state index < -0.39 is 0 Å². The summed E-state index contributed by atoms with van der Waals surface area (Å²) in [5.74, 6) is 6.02. The van der Waals surface area contributed by atoms with Crippen LogP contribution in [0, 0.1) is 52.3 Å². The lowest BCUT2D eigenvalue weighted by atomic mass is 9.45. The van der Waals surface area contributed by atoms with Crippen LogP contribution in [-0.2, 0) is 0 Å². The van der Waals surface area contributed by atoms with E-state index in [0.717, 1.165) is 48.3 Å². The summed E-state index contributed by atoms with van der Waals surface area (Å²) in [6.45, 7) is 15.0. The summed E-state index contributed by atoms with van der Waals surface area (Å²) in [6.07, 6.45) is 15.9. The van der Waals surface area contributed by atoms with Crippen molar-refractivity contribution in [3.8, 4) is 0 Å². The number of hydrogen-bond donors (Lipinski definition) is 1. The fraction of sp³-hybridized carbons (Fsp3) is 0.929. The summed E-state index contributed by atoms with van der Waals surface area (Å²) in [4.78, 5) is 0. The van der Waals surface area contributed by atoms with Gasteiger partial charge in [-0.1, -0.05) is 72.5 Å². The Morgan fingerprint density at radius 1 is 1.07 bits per heavy atom. The number of rotatable bonds is 5. The second-order valence-corrected chi connectivity index (χ2v) is 12.6. The second-order valence-electron chi connectivity index (χ2n) is 12.6. The van der Waals surface area contributed by atoms with Crippen LogP contribution in [0.3, 0.4) is 0 Å². The van der Waals surface area contributed by atoms with Gasteiger partial charge >= 0.3 is 0 Å². The van der Waals surface area contributed by atoms with E-state index in [1.54, 1.807) is 5.57 Å². The molecule has 0 aromatic carbocycles. The first-order valence-corrected chi connectivity index (χ1v) is 13.1. The van der Waals surface area contributed by atoms with Crippen molar-refractivity contribution in [1.82, 2.24) is 0 Å². The number of allylic oxidation sites excluding steroid dienone is 1. The molecule has 0 aromatic heterocycles. The molecule has 0 radical (unpaired) electrons. The van der Waals surface area contributed by atoms with E-state index in [9.17, 15) is 5.11 Å². The minimum Gasteiger partial charge on any atom is -0.393 e. The Hall–Kier alpha value is -0.300. The van der Waals surface area contributed by atoms with Gasteiger partial charge in [-0.2, -0.15) is 0 Å². The van der Waals surface area contributed by atoms with E-state index in [0.29, 0.717) is 16.7 Å². The van der Waals surface area contributed by atoms with Gasteiger partial charge in [0.2, 0.25) is 0 Å². The summed E-state index contributed by atoms with van der Waals surface area (Å²) in [5, 5.41) is 10.4. The Labute approximate surface area is 181 Å². The molecule has 1 unspecified atom stereocenters. The van der Waals surface area contributed by atoms with Crippen LogP contribution in [0.5, 0.6) is 0 Å². The quantitative estimate of drug-likeness (QED) is 0.470. The monoisotopic (exact) mass is 400 g/mol. The van der Waals surface area contributed by atoms with Gasteiger partial charge in [0.05, 0.1) is 6.10 Å². The zero-order valence-electron chi connectivity index (χ0n) is 20.2. The summed E-state index contributed by atoms with van der Waals surface area (Å²) in [5.41, 5.74) is 2.55. The predicted octanol–water partition coefficient (Wildman–Crippen LogP) is 7.63. The van der Waals surface area contributed by atoms with E-state index in [1.165, 1.54) is 51.4 Å². The summed E-state index contributed by atoms with van der Waals surface area (Å²) < 4.78 is 0. The standard InChI is InChI=1S/C28H48O/c1-18(2)8-7-9-19(3)24-12-13-25-23-11-10-21-17-22(29)16-20(4)28(21,6)26(23)14-15-27(24,25)5/h10,18-20,22-26,29H,7-9,11-17H2,1-6H3/t19-,20?,22+,23+,24-,25+,26+,27-,28+/m1/s1. The summed E-state index contributed by atoms with van der Waals surface area (Å²) in [6, 6.07) is 0. The molecular formula is C28H48O. The highest BCUT2D eigenvalue weighted by molar-refractivity contribution is 5.26. The van der Waals surface area contributed by atoms with Crippen molar-refractivity contribution in [3.05, 3.63) is 11.6 Å². The van der Waals surface area contributed by atoms with Crippen molar-refractivity contribution in [2.75, 3.05) is 0 Å². The van der Waals surface area contributed by atoms with E-state index in [4.69, 9.17) is 0 Å². The summed E-state index contributed by atoms with van der Waals surface area (Å²) in [7, 11) is 0. The van der Waals surface area contributed by atoms with E-state index in [2.05, 4.69) is 47.6 Å². The lowest BCUT2D eigenvalue weighted by molar-refractivity contribution is -0.0757. The number of hydrogen-bond acceptors (Lipinski definition) is 1. The van der Waals surface area contributed by atoms with Crippen LogP contribution in [0.1, 0.15) is 106 Å². The van der Waals surface area contributed by atoms with Crippen LogP contribution in [0.25, 0.3) is 0 Å². The molecule has 0 saturated heterocycles. The molecule has 0 spiro atoms. The molecule has 3 saturated carbocycles. The SMILES string of the molecule is CC(C)CCC[C@@H](C)[C@H]1CC[C@H]2[C@@H]3CC=C4C[C@@H](O)CC(C)[C@]4(C)[C@H]3CC[C@]12C. The highest BCUT2D eigenvalue weighted by Crippen LogP contribution is 2.68.